The molecule has 0 N–H and O–H groups in total. The van der Waals surface area contributed by atoms with E-state index in [9.17, 15) is 9.59 Å². The zero-order chi connectivity index (χ0) is 11.4. The molecule has 0 spiro atoms. The number of carbonyl (C=O) groups excluding carboxylic acids is 2. The summed E-state index contributed by atoms with van der Waals surface area (Å²) in [5.74, 6) is 0. The molecule has 8 heteroatoms. The van der Waals surface area contributed by atoms with E-state index in [1.807, 2.05) is 0 Å². The van der Waals surface area contributed by atoms with Crippen molar-refractivity contribution >= 4 is 39.4 Å². The Morgan fingerprint density at radius 3 is 2.07 bits per heavy atom. The van der Waals surface area contributed by atoms with Crippen molar-refractivity contribution in [2.24, 2.45) is 5.11 Å². The van der Waals surface area contributed by atoms with Gasteiger partial charge in [-0.25, -0.2) is 4.98 Å². The van der Waals surface area contributed by atoms with Gasteiger partial charge in [0.15, 0.2) is 0 Å². The molecule has 15 heavy (non-hydrogen) atoms. The van der Waals surface area contributed by atoms with Gasteiger partial charge in [0.05, 0.1) is 0 Å². The number of hydrogen-bond donors (Lipinski definition) is 0. The first kappa shape index (κ1) is 11.5. The summed E-state index contributed by atoms with van der Waals surface area (Å²) >= 11 is 10.3. The fourth-order valence-electron chi connectivity index (χ4n) is 0.827. The molecule has 0 saturated carbocycles. The molecule has 0 fully saturated rings. The van der Waals surface area contributed by atoms with Crippen molar-refractivity contribution in [3.63, 3.8) is 0 Å². The van der Waals surface area contributed by atoms with Crippen LogP contribution in [0, 0.1) is 0 Å². The van der Waals surface area contributed by atoms with Gasteiger partial charge in [-0.3, -0.25) is 9.59 Å². The monoisotopic (exact) mass is 244 g/mol. The third kappa shape index (κ3) is 2.92. The average molecular weight is 245 g/mol. The molecule has 0 radical (unpaired) electrons. The van der Waals surface area contributed by atoms with Crippen molar-refractivity contribution in [1.29, 1.82) is 0 Å². The Kier molecular flexibility index (Phi) is 3.62. The molecule has 1 aromatic rings. The third-order valence-corrected chi connectivity index (χ3v) is 1.76. The van der Waals surface area contributed by atoms with E-state index < -0.39 is 10.5 Å². The van der Waals surface area contributed by atoms with Crippen molar-refractivity contribution < 1.29 is 9.59 Å². The maximum Gasteiger partial charge on any atom is 0.270 e. The Morgan fingerprint density at radius 1 is 1.27 bits per heavy atom. The summed E-state index contributed by atoms with van der Waals surface area (Å²) in [5.41, 5.74) is 7.82. The van der Waals surface area contributed by atoms with Gasteiger partial charge >= 0.3 is 0 Å². The minimum Gasteiger partial charge on any atom is -0.274 e. The van der Waals surface area contributed by atoms with Crippen LogP contribution in [-0.2, 0) is 0 Å². The quantitative estimate of drug-likeness (QED) is 0.354. The Balaban J connectivity index is 3.38. The van der Waals surface area contributed by atoms with Crippen LogP contribution in [0.15, 0.2) is 17.2 Å². The van der Waals surface area contributed by atoms with Crippen LogP contribution in [0.4, 0.5) is 5.69 Å². The Bertz CT molecular complexity index is 419. The number of pyridine rings is 1. The number of hydrogen-bond acceptors (Lipinski definition) is 4. The van der Waals surface area contributed by atoms with Crippen LogP contribution in [0.2, 0.25) is 0 Å². The average Bonchev–Trinajstić information content (AvgIpc) is 2.17. The molecule has 6 nitrogen and oxygen atoms in total. The number of carbonyl (C=O) groups is 2. The smallest absolute Gasteiger partial charge is 0.270 e. The van der Waals surface area contributed by atoms with E-state index in [1.54, 1.807) is 0 Å². The molecule has 0 aliphatic rings. The van der Waals surface area contributed by atoms with Gasteiger partial charge in [-0.1, -0.05) is 5.11 Å². The lowest BCUT2D eigenvalue weighted by Crippen LogP contribution is -2.00. The molecule has 76 valence electrons. The van der Waals surface area contributed by atoms with E-state index in [4.69, 9.17) is 28.7 Å². The Hall–Kier alpha value is -1.62. The second-order valence-electron chi connectivity index (χ2n) is 2.33. The van der Waals surface area contributed by atoms with Gasteiger partial charge in [-0.15, -0.1) is 0 Å². The maximum absolute atomic E-state index is 10.8. The molecular formula is C7H2Cl2N4O2. The molecule has 0 atom stereocenters. The summed E-state index contributed by atoms with van der Waals surface area (Å²) in [4.78, 5) is 27.6. The van der Waals surface area contributed by atoms with E-state index >= 15 is 0 Å². The Labute approximate surface area is 93.4 Å². The summed E-state index contributed by atoms with van der Waals surface area (Å²) in [6, 6.07) is 2.30. The van der Waals surface area contributed by atoms with E-state index in [-0.39, 0.29) is 17.1 Å². The first-order valence-corrected chi connectivity index (χ1v) is 4.27. The minimum absolute atomic E-state index is 0.0421. The van der Waals surface area contributed by atoms with Crippen molar-refractivity contribution in [1.82, 2.24) is 4.98 Å². The van der Waals surface area contributed by atoms with Gasteiger partial charge in [-0.2, -0.15) is 0 Å². The predicted molar refractivity (Wildman–Crippen MR) is 53.4 cm³/mol. The highest BCUT2D eigenvalue weighted by Crippen LogP contribution is 2.17. The molecule has 1 aromatic heterocycles. The van der Waals surface area contributed by atoms with Crippen molar-refractivity contribution in [2.45, 2.75) is 0 Å². The van der Waals surface area contributed by atoms with Crippen molar-refractivity contribution in [3.05, 3.63) is 34.0 Å². The van der Waals surface area contributed by atoms with Gasteiger partial charge in [0.2, 0.25) is 0 Å². The lowest BCUT2D eigenvalue weighted by Gasteiger charge is -1.98. The van der Waals surface area contributed by atoms with Crippen LogP contribution < -0.4 is 0 Å². The second-order valence-corrected chi connectivity index (χ2v) is 3.02. The van der Waals surface area contributed by atoms with Crippen LogP contribution in [0.5, 0.6) is 0 Å². The van der Waals surface area contributed by atoms with Gasteiger partial charge in [0, 0.05) is 10.6 Å². The van der Waals surface area contributed by atoms with Crippen molar-refractivity contribution in [3.8, 4) is 0 Å². The molecule has 0 aliphatic carbocycles. The van der Waals surface area contributed by atoms with E-state index in [2.05, 4.69) is 15.0 Å². The van der Waals surface area contributed by atoms with E-state index in [0.717, 1.165) is 12.1 Å². The molecule has 0 aromatic carbocycles. The number of halogens is 2. The van der Waals surface area contributed by atoms with Crippen molar-refractivity contribution in [2.75, 3.05) is 0 Å². The number of nitrogens with zero attached hydrogens (tertiary/aromatic N) is 4. The summed E-state index contributed by atoms with van der Waals surface area (Å²) in [6.45, 7) is 0. The topological polar surface area (TPSA) is 95.8 Å². The molecule has 0 bridgehead atoms. The molecule has 0 aliphatic heterocycles. The molecule has 0 saturated heterocycles. The standard InChI is InChI=1S/C7H2Cl2N4O2/c8-6(14)4-1-3(12-13-10)2-5(11-4)7(9)15/h1-2H. The summed E-state index contributed by atoms with van der Waals surface area (Å²) < 4.78 is 0. The van der Waals surface area contributed by atoms with Crippen LogP contribution in [-0.4, -0.2) is 15.5 Å². The van der Waals surface area contributed by atoms with Gasteiger partial charge in [0.25, 0.3) is 10.5 Å². The maximum atomic E-state index is 10.8. The van der Waals surface area contributed by atoms with Crippen LogP contribution in [0.3, 0.4) is 0 Å². The third-order valence-electron chi connectivity index (χ3n) is 1.37. The van der Waals surface area contributed by atoms with E-state index in [0.29, 0.717) is 0 Å². The SMILES string of the molecule is [N-]=[N+]=Nc1cc(C(=O)Cl)nc(C(=O)Cl)c1. The fourth-order valence-corrected chi connectivity index (χ4v) is 1.02. The van der Waals surface area contributed by atoms with Gasteiger partial charge in [-0.05, 0) is 40.9 Å². The second kappa shape index (κ2) is 4.75. The van der Waals surface area contributed by atoms with Crippen LogP contribution in [0.25, 0.3) is 10.4 Å². The molecule has 0 unspecified atom stereocenters. The summed E-state index contributed by atoms with van der Waals surface area (Å²) in [6.07, 6.45) is 0. The molecule has 1 rings (SSSR count). The van der Waals surface area contributed by atoms with Gasteiger partial charge in [0.1, 0.15) is 11.4 Å². The predicted octanol–water partition coefficient (Wildman–Crippen LogP) is 2.78. The summed E-state index contributed by atoms with van der Waals surface area (Å²) in [5, 5.41) is 1.47. The van der Waals surface area contributed by atoms with Crippen LogP contribution >= 0.6 is 23.2 Å². The zero-order valence-electron chi connectivity index (χ0n) is 7.02. The molecule has 0 amide bonds. The Morgan fingerprint density at radius 2 is 1.73 bits per heavy atom. The zero-order valence-corrected chi connectivity index (χ0v) is 8.53. The molecular weight excluding hydrogens is 243 g/mol. The largest absolute Gasteiger partial charge is 0.274 e. The minimum atomic E-state index is -0.871. The highest BCUT2D eigenvalue weighted by molar-refractivity contribution is 6.68. The lowest BCUT2D eigenvalue weighted by atomic mass is 10.3. The summed E-state index contributed by atoms with van der Waals surface area (Å²) in [7, 11) is 0. The normalized spacial score (nSPS) is 9.20. The first-order valence-electron chi connectivity index (χ1n) is 3.51. The first-order chi connectivity index (χ1) is 7.04. The highest BCUT2D eigenvalue weighted by atomic mass is 35.5. The highest BCUT2D eigenvalue weighted by Gasteiger charge is 2.11. The van der Waals surface area contributed by atoms with Crippen LogP contribution in [0.1, 0.15) is 21.0 Å². The fraction of sp³-hybridized carbons (Fsp3) is 0. The van der Waals surface area contributed by atoms with E-state index in [1.165, 1.54) is 0 Å². The molecule has 1 heterocycles. The van der Waals surface area contributed by atoms with Gasteiger partial charge < -0.3 is 0 Å². The number of azide groups is 1. The lowest BCUT2D eigenvalue weighted by molar-refractivity contribution is 0.107. The number of aromatic nitrogens is 1. The number of rotatable bonds is 3.